The highest BCUT2D eigenvalue weighted by molar-refractivity contribution is 9.10. The fraction of sp³-hybridized carbons (Fsp3) is 0.385. The predicted octanol–water partition coefficient (Wildman–Crippen LogP) is 1.84. The molecule has 19 heavy (non-hydrogen) atoms. The second-order valence-corrected chi connectivity index (χ2v) is 5.69. The molecule has 1 fully saturated rings. The average molecular weight is 325 g/mol. The fourth-order valence-corrected chi connectivity index (χ4v) is 3.07. The van der Waals surface area contributed by atoms with Crippen LogP contribution < -0.4 is 10.2 Å². The molecule has 1 aromatic carbocycles. The largest absolute Gasteiger partial charge is 0.442 e. The number of halogens is 1. The van der Waals surface area contributed by atoms with Gasteiger partial charge in [-0.05, 0) is 30.2 Å². The molecule has 2 amide bonds. The third-order valence-electron chi connectivity index (χ3n) is 3.49. The molecule has 1 N–H and O–H groups in total. The summed E-state index contributed by atoms with van der Waals surface area (Å²) in [6, 6.07) is 5.83. The van der Waals surface area contributed by atoms with Crippen LogP contribution in [0.25, 0.3) is 0 Å². The molecule has 6 heteroatoms. The number of cyclic esters (lactones) is 1. The van der Waals surface area contributed by atoms with Crippen molar-refractivity contribution in [3.63, 3.8) is 0 Å². The second kappa shape index (κ2) is 4.52. The minimum absolute atomic E-state index is 0.0244. The molecular weight excluding hydrogens is 312 g/mol. The van der Waals surface area contributed by atoms with Crippen molar-refractivity contribution in [2.45, 2.75) is 25.5 Å². The standard InChI is InChI=1S/C13H13BrN2O3/c1-7(17)15-6-12-11-5-8-4-9(14)2-3-10(8)16(11)13(18)19-12/h2-4,11-12H,5-6H2,1H3,(H,15,17)/t11-,12+/m1/s1. The van der Waals surface area contributed by atoms with Gasteiger partial charge in [-0.25, -0.2) is 4.79 Å². The topological polar surface area (TPSA) is 58.6 Å². The molecule has 3 rings (SSSR count). The van der Waals surface area contributed by atoms with Crippen molar-refractivity contribution in [1.82, 2.24) is 5.32 Å². The van der Waals surface area contributed by atoms with Gasteiger partial charge >= 0.3 is 6.09 Å². The normalized spacial score (nSPS) is 23.9. The molecule has 100 valence electrons. The van der Waals surface area contributed by atoms with Gasteiger partial charge in [-0.3, -0.25) is 9.69 Å². The summed E-state index contributed by atoms with van der Waals surface area (Å²) >= 11 is 3.43. The number of hydrogen-bond acceptors (Lipinski definition) is 3. The third-order valence-corrected chi connectivity index (χ3v) is 3.99. The molecule has 2 aliphatic rings. The Morgan fingerprint density at radius 3 is 3.11 bits per heavy atom. The summed E-state index contributed by atoms with van der Waals surface area (Å²) in [7, 11) is 0. The van der Waals surface area contributed by atoms with Crippen LogP contribution in [0.15, 0.2) is 22.7 Å². The Labute approximate surface area is 119 Å². The first-order chi connectivity index (χ1) is 9.06. The number of ether oxygens (including phenoxy) is 1. The molecule has 1 aromatic rings. The molecule has 2 heterocycles. The Morgan fingerprint density at radius 1 is 1.58 bits per heavy atom. The molecule has 0 saturated carbocycles. The summed E-state index contributed by atoms with van der Waals surface area (Å²) in [5.41, 5.74) is 2.03. The number of anilines is 1. The van der Waals surface area contributed by atoms with E-state index in [0.29, 0.717) is 6.54 Å². The van der Waals surface area contributed by atoms with E-state index < -0.39 is 0 Å². The van der Waals surface area contributed by atoms with Crippen LogP contribution in [0.5, 0.6) is 0 Å². The van der Waals surface area contributed by atoms with Crippen LogP contribution >= 0.6 is 15.9 Å². The van der Waals surface area contributed by atoms with Crippen LogP contribution in [0.2, 0.25) is 0 Å². The third kappa shape index (κ3) is 2.10. The first-order valence-corrected chi connectivity index (χ1v) is 6.88. The number of nitrogens with one attached hydrogen (secondary N) is 1. The number of carbonyl (C=O) groups excluding carboxylic acids is 2. The van der Waals surface area contributed by atoms with E-state index in [0.717, 1.165) is 22.1 Å². The molecule has 0 bridgehead atoms. The second-order valence-electron chi connectivity index (χ2n) is 4.77. The number of benzene rings is 1. The van der Waals surface area contributed by atoms with E-state index in [-0.39, 0.29) is 24.1 Å². The number of nitrogens with zero attached hydrogens (tertiary/aromatic N) is 1. The smallest absolute Gasteiger partial charge is 0.415 e. The molecule has 0 aliphatic carbocycles. The molecule has 0 aromatic heterocycles. The van der Waals surface area contributed by atoms with E-state index in [4.69, 9.17) is 4.74 Å². The summed E-state index contributed by atoms with van der Waals surface area (Å²) in [6.45, 7) is 1.81. The van der Waals surface area contributed by atoms with Gasteiger partial charge in [-0.15, -0.1) is 0 Å². The minimum Gasteiger partial charge on any atom is -0.442 e. The zero-order valence-corrected chi connectivity index (χ0v) is 11.9. The van der Waals surface area contributed by atoms with Crippen molar-refractivity contribution in [2.24, 2.45) is 0 Å². The van der Waals surface area contributed by atoms with Gasteiger partial charge in [0.25, 0.3) is 0 Å². The van der Waals surface area contributed by atoms with Crippen LogP contribution in [0.3, 0.4) is 0 Å². The first kappa shape index (κ1) is 12.5. The van der Waals surface area contributed by atoms with Crippen molar-refractivity contribution >= 4 is 33.6 Å². The van der Waals surface area contributed by atoms with Crippen LogP contribution in [-0.4, -0.2) is 30.7 Å². The fourth-order valence-electron chi connectivity index (χ4n) is 2.67. The molecular formula is C13H13BrN2O3. The van der Waals surface area contributed by atoms with E-state index in [1.807, 2.05) is 18.2 Å². The number of carbonyl (C=O) groups is 2. The Morgan fingerprint density at radius 2 is 2.37 bits per heavy atom. The minimum atomic E-state index is -0.332. The Kier molecular flexibility index (Phi) is 2.97. The Bertz CT molecular complexity index is 561. The lowest BCUT2D eigenvalue weighted by molar-refractivity contribution is -0.119. The number of amides is 2. The van der Waals surface area contributed by atoms with E-state index >= 15 is 0 Å². The highest BCUT2D eigenvalue weighted by Crippen LogP contribution is 2.39. The van der Waals surface area contributed by atoms with Gasteiger partial charge in [0.1, 0.15) is 6.10 Å². The van der Waals surface area contributed by atoms with Gasteiger partial charge in [-0.1, -0.05) is 15.9 Å². The average Bonchev–Trinajstić information content (AvgIpc) is 2.84. The summed E-state index contributed by atoms with van der Waals surface area (Å²) < 4.78 is 6.33. The van der Waals surface area contributed by atoms with Gasteiger partial charge in [0, 0.05) is 11.4 Å². The van der Waals surface area contributed by atoms with Crippen LogP contribution in [0.1, 0.15) is 12.5 Å². The van der Waals surface area contributed by atoms with Crippen LogP contribution in [0, 0.1) is 0 Å². The van der Waals surface area contributed by atoms with Gasteiger partial charge in [0.15, 0.2) is 0 Å². The monoisotopic (exact) mass is 324 g/mol. The van der Waals surface area contributed by atoms with Crippen molar-refractivity contribution < 1.29 is 14.3 Å². The predicted molar refractivity (Wildman–Crippen MR) is 73.1 cm³/mol. The first-order valence-electron chi connectivity index (χ1n) is 6.09. The van der Waals surface area contributed by atoms with Gasteiger partial charge < -0.3 is 10.1 Å². The SMILES string of the molecule is CC(=O)NC[C@@H]1OC(=O)N2c3ccc(Br)cc3C[C@H]12. The van der Waals surface area contributed by atoms with E-state index in [2.05, 4.69) is 21.2 Å². The number of fused-ring (bicyclic) bond motifs is 3. The summed E-state index contributed by atoms with van der Waals surface area (Å²) in [4.78, 5) is 24.6. The Balaban J connectivity index is 1.84. The molecule has 0 unspecified atom stereocenters. The molecule has 0 spiro atoms. The van der Waals surface area contributed by atoms with Crippen molar-refractivity contribution in [2.75, 3.05) is 11.4 Å². The number of hydrogen-bond donors (Lipinski definition) is 1. The van der Waals surface area contributed by atoms with Crippen molar-refractivity contribution in [3.05, 3.63) is 28.2 Å². The number of rotatable bonds is 2. The van der Waals surface area contributed by atoms with Gasteiger partial charge in [0.05, 0.1) is 18.3 Å². The van der Waals surface area contributed by atoms with E-state index in [1.54, 1.807) is 4.90 Å². The maximum Gasteiger partial charge on any atom is 0.415 e. The molecule has 1 saturated heterocycles. The molecule has 0 radical (unpaired) electrons. The summed E-state index contributed by atoms with van der Waals surface area (Å²) in [5.74, 6) is -0.118. The van der Waals surface area contributed by atoms with Crippen LogP contribution in [-0.2, 0) is 16.0 Å². The van der Waals surface area contributed by atoms with Gasteiger partial charge in [0.2, 0.25) is 5.91 Å². The van der Waals surface area contributed by atoms with Crippen molar-refractivity contribution in [1.29, 1.82) is 0 Å². The molecule has 2 aliphatic heterocycles. The molecule has 2 atom stereocenters. The maximum absolute atomic E-state index is 11.9. The summed E-state index contributed by atoms with van der Waals surface area (Å²) in [5, 5.41) is 2.71. The summed E-state index contributed by atoms with van der Waals surface area (Å²) in [6.07, 6.45) is 0.133. The molecule has 5 nitrogen and oxygen atoms in total. The highest BCUT2D eigenvalue weighted by atomic mass is 79.9. The zero-order valence-electron chi connectivity index (χ0n) is 10.4. The zero-order chi connectivity index (χ0) is 13.6. The lowest BCUT2D eigenvalue weighted by Crippen LogP contribution is -2.40. The van der Waals surface area contributed by atoms with Gasteiger partial charge in [-0.2, -0.15) is 0 Å². The quantitative estimate of drug-likeness (QED) is 0.903. The van der Waals surface area contributed by atoms with Crippen LogP contribution in [0.4, 0.5) is 10.5 Å². The lowest BCUT2D eigenvalue weighted by atomic mass is 10.1. The lowest BCUT2D eigenvalue weighted by Gasteiger charge is -2.16. The maximum atomic E-state index is 11.9. The van der Waals surface area contributed by atoms with Crippen molar-refractivity contribution in [3.8, 4) is 0 Å². The Hall–Kier alpha value is -1.56. The van der Waals surface area contributed by atoms with E-state index in [1.165, 1.54) is 6.92 Å². The highest BCUT2D eigenvalue weighted by Gasteiger charge is 2.47. The van der Waals surface area contributed by atoms with E-state index in [9.17, 15) is 9.59 Å².